The van der Waals surface area contributed by atoms with Crippen LogP contribution < -0.4 is 0 Å². The molecular weight excluding hydrogens is 136 g/mol. The Morgan fingerprint density at radius 1 is 1.67 bits per heavy atom. The van der Waals surface area contributed by atoms with Gasteiger partial charge in [-0.25, -0.2) is 0 Å². The molecule has 0 saturated heterocycles. The van der Waals surface area contributed by atoms with Crippen molar-refractivity contribution in [3.05, 3.63) is 34.9 Å². The van der Waals surface area contributed by atoms with Crippen molar-refractivity contribution in [2.45, 2.75) is 6.61 Å². The minimum absolute atomic E-state index is 0.0177. The molecule has 9 heavy (non-hydrogen) atoms. The third-order valence-electron chi connectivity index (χ3n) is 1.06. The molecule has 0 aliphatic carbocycles. The lowest BCUT2D eigenvalue weighted by Gasteiger charge is -1.95. The van der Waals surface area contributed by atoms with E-state index in [0.717, 1.165) is 5.56 Å². The molecule has 1 N–H and O–H groups in total. The van der Waals surface area contributed by atoms with Crippen LogP contribution in [0.25, 0.3) is 0 Å². The van der Waals surface area contributed by atoms with Crippen molar-refractivity contribution in [3.63, 3.8) is 0 Å². The predicted molar refractivity (Wildman–Crippen MR) is 36.2 cm³/mol. The molecule has 0 bridgehead atoms. The third-order valence-corrected chi connectivity index (χ3v) is 1.43. The van der Waals surface area contributed by atoms with Gasteiger partial charge in [0.05, 0.1) is 6.61 Å². The number of hydrogen-bond acceptors (Lipinski definition) is 1. The molecule has 1 rings (SSSR count). The van der Waals surface area contributed by atoms with Crippen molar-refractivity contribution >= 4 is 11.6 Å². The minimum atomic E-state index is -0.0177. The fourth-order valence-corrected chi connectivity index (χ4v) is 0.744. The Balaban J connectivity index is 3.01. The van der Waals surface area contributed by atoms with Gasteiger partial charge in [0, 0.05) is 5.02 Å². The lowest BCUT2D eigenvalue weighted by molar-refractivity contribution is 0.282. The second-order valence-electron chi connectivity index (χ2n) is 1.68. The summed E-state index contributed by atoms with van der Waals surface area (Å²) in [6.07, 6.45) is 0. The van der Waals surface area contributed by atoms with E-state index in [1.54, 1.807) is 18.2 Å². The van der Waals surface area contributed by atoms with Crippen molar-refractivity contribution in [3.8, 4) is 0 Å². The summed E-state index contributed by atoms with van der Waals surface area (Å²) in [5.41, 5.74) is 0.721. The van der Waals surface area contributed by atoms with E-state index >= 15 is 0 Å². The largest absolute Gasteiger partial charge is 0.392 e. The van der Waals surface area contributed by atoms with Crippen molar-refractivity contribution in [1.82, 2.24) is 0 Å². The summed E-state index contributed by atoms with van der Waals surface area (Å²) in [7, 11) is 0. The van der Waals surface area contributed by atoms with Crippen molar-refractivity contribution in [2.24, 2.45) is 0 Å². The topological polar surface area (TPSA) is 20.2 Å². The first-order valence-corrected chi connectivity index (χ1v) is 2.97. The summed E-state index contributed by atoms with van der Waals surface area (Å²) in [6, 6.07) is 7.89. The summed E-state index contributed by atoms with van der Waals surface area (Å²) in [4.78, 5) is 0. The van der Waals surface area contributed by atoms with E-state index in [1.807, 2.05) is 0 Å². The fraction of sp³-hybridized carbons (Fsp3) is 0.143. The quantitative estimate of drug-likeness (QED) is 0.631. The highest BCUT2D eigenvalue weighted by Crippen LogP contribution is 2.13. The maximum absolute atomic E-state index is 8.61. The Kier molecular flexibility index (Phi) is 2.09. The predicted octanol–water partition coefficient (Wildman–Crippen LogP) is 1.63. The SMILES string of the molecule is OCc1c[c]ccc1Cl. The number of rotatable bonds is 1. The van der Waals surface area contributed by atoms with Crippen molar-refractivity contribution in [1.29, 1.82) is 0 Å². The Labute approximate surface area is 58.9 Å². The second kappa shape index (κ2) is 2.85. The van der Waals surface area contributed by atoms with Gasteiger partial charge in [-0.1, -0.05) is 17.7 Å². The molecule has 0 saturated carbocycles. The van der Waals surface area contributed by atoms with Gasteiger partial charge in [-0.05, 0) is 23.8 Å². The van der Waals surface area contributed by atoms with Gasteiger partial charge in [-0.3, -0.25) is 0 Å². The van der Waals surface area contributed by atoms with Gasteiger partial charge in [0.25, 0.3) is 0 Å². The molecular formula is C7H6ClO. The lowest BCUT2D eigenvalue weighted by Crippen LogP contribution is -1.81. The molecule has 0 aliphatic rings. The summed E-state index contributed by atoms with van der Waals surface area (Å²) in [5, 5.41) is 9.21. The van der Waals surface area contributed by atoms with Gasteiger partial charge in [0.15, 0.2) is 0 Å². The van der Waals surface area contributed by atoms with Gasteiger partial charge in [-0.15, -0.1) is 0 Å². The smallest absolute Gasteiger partial charge is 0.0696 e. The van der Waals surface area contributed by atoms with Crippen molar-refractivity contribution < 1.29 is 5.11 Å². The average molecular weight is 142 g/mol. The molecule has 0 spiro atoms. The summed E-state index contributed by atoms with van der Waals surface area (Å²) < 4.78 is 0. The Hall–Kier alpha value is -0.530. The van der Waals surface area contributed by atoms with Crippen LogP contribution in [-0.2, 0) is 6.61 Å². The molecule has 1 aromatic rings. The molecule has 2 heteroatoms. The zero-order valence-corrected chi connectivity index (χ0v) is 5.52. The molecule has 1 nitrogen and oxygen atoms in total. The Morgan fingerprint density at radius 2 is 2.44 bits per heavy atom. The number of hydrogen-bond donors (Lipinski definition) is 1. The van der Waals surface area contributed by atoms with Gasteiger partial charge >= 0.3 is 0 Å². The van der Waals surface area contributed by atoms with Gasteiger partial charge in [0.1, 0.15) is 0 Å². The molecule has 0 unspecified atom stereocenters. The van der Waals surface area contributed by atoms with Crippen LogP contribution in [0.3, 0.4) is 0 Å². The van der Waals surface area contributed by atoms with Crippen molar-refractivity contribution in [2.75, 3.05) is 0 Å². The van der Waals surface area contributed by atoms with Crippen LogP contribution in [0.5, 0.6) is 0 Å². The van der Waals surface area contributed by atoms with Crippen LogP contribution in [0, 0.1) is 6.07 Å². The van der Waals surface area contributed by atoms with Gasteiger partial charge < -0.3 is 5.11 Å². The molecule has 0 fully saturated rings. The maximum Gasteiger partial charge on any atom is 0.0696 e. The molecule has 0 atom stereocenters. The first-order chi connectivity index (χ1) is 4.34. The van der Waals surface area contributed by atoms with Crippen LogP contribution in [0.4, 0.5) is 0 Å². The molecule has 0 aromatic heterocycles. The summed E-state index contributed by atoms with van der Waals surface area (Å²) in [6.45, 7) is -0.0177. The number of halogens is 1. The van der Waals surface area contributed by atoms with E-state index in [0.29, 0.717) is 5.02 Å². The monoisotopic (exact) mass is 141 g/mol. The van der Waals surface area contributed by atoms with E-state index < -0.39 is 0 Å². The first kappa shape index (κ1) is 6.59. The van der Waals surface area contributed by atoms with E-state index in [4.69, 9.17) is 16.7 Å². The minimum Gasteiger partial charge on any atom is -0.392 e. The van der Waals surface area contributed by atoms with Crippen LogP contribution in [0.1, 0.15) is 5.56 Å². The molecule has 0 amide bonds. The van der Waals surface area contributed by atoms with E-state index in [-0.39, 0.29) is 6.61 Å². The van der Waals surface area contributed by atoms with Crippen LogP contribution in [0.15, 0.2) is 18.2 Å². The average Bonchev–Trinajstić information content (AvgIpc) is 1.89. The maximum atomic E-state index is 8.61. The lowest BCUT2D eigenvalue weighted by atomic mass is 10.2. The van der Waals surface area contributed by atoms with E-state index in [9.17, 15) is 0 Å². The zero-order chi connectivity index (χ0) is 6.69. The Morgan fingerprint density at radius 3 is 2.89 bits per heavy atom. The fourth-order valence-electron chi connectivity index (χ4n) is 0.567. The zero-order valence-electron chi connectivity index (χ0n) is 4.76. The second-order valence-corrected chi connectivity index (χ2v) is 2.08. The van der Waals surface area contributed by atoms with E-state index in [1.165, 1.54) is 0 Å². The number of aliphatic hydroxyl groups is 1. The standard InChI is InChI=1S/C7H6ClO/c8-7-4-2-1-3-6(7)5-9/h2-4,9H,5H2. The first-order valence-electron chi connectivity index (χ1n) is 2.60. The third kappa shape index (κ3) is 1.44. The highest BCUT2D eigenvalue weighted by atomic mass is 35.5. The molecule has 0 aliphatic heterocycles. The van der Waals surface area contributed by atoms with Gasteiger partial charge in [0.2, 0.25) is 0 Å². The van der Waals surface area contributed by atoms with Crippen LogP contribution >= 0.6 is 11.6 Å². The molecule has 0 heterocycles. The normalized spacial score (nSPS) is 9.56. The number of aliphatic hydroxyl groups excluding tert-OH is 1. The molecule has 47 valence electrons. The van der Waals surface area contributed by atoms with E-state index in [2.05, 4.69) is 6.07 Å². The molecule has 1 aromatic carbocycles. The summed E-state index contributed by atoms with van der Waals surface area (Å²) in [5.74, 6) is 0. The highest BCUT2D eigenvalue weighted by molar-refractivity contribution is 6.31. The number of benzene rings is 1. The van der Waals surface area contributed by atoms with Gasteiger partial charge in [-0.2, -0.15) is 0 Å². The molecule has 1 radical (unpaired) electrons. The summed E-state index contributed by atoms with van der Waals surface area (Å²) >= 11 is 5.64. The Bertz CT molecular complexity index is 198. The van der Waals surface area contributed by atoms with Crippen LogP contribution in [0.2, 0.25) is 5.02 Å². The van der Waals surface area contributed by atoms with Crippen LogP contribution in [-0.4, -0.2) is 5.11 Å². The highest BCUT2D eigenvalue weighted by Gasteiger charge is 1.93.